The second kappa shape index (κ2) is 10.5. The fraction of sp³-hybridized carbons (Fsp3) is 0.345. The molecule has 4 atom stereocenters. The van der Waals surface area contributed by atoms with Crippen molar-refractivity contribution in [1.82, 2.24) is 15.3 Å². The van der Waals surface area contributed by atoms with Crippen molar-refractivity contribution < 1.29 is 13.9 Å². The van der Waals surface area contributed by atoms with Crippen LogP contribution in [0.3, 0.4) is 0 Å². The van der Waals surface area contributed by atoms with Crippen molar-refractivity contribution in [2.24, 2.45) is 11.8 Å². The number of carbonyl (C=O) groups is 1. The Balaban J connectivity index is 1.37. The number of halogens is 1. The number of hydrogen-bond acceptors (Lipinski definition) is 4. The number of hydrogen-bond donors (Lipinski definition) is 2. The van der Waals surface area contributed by atoms with Crippen LogP contribution in [0.15, 0.2) is 65.7 Å². The van der Waals surface area contributed by atoms with Gasteiger partial charge in [-0.3, -0.25) is 9.78 Å². The zero-order chi connectivity index (χ0) is 25.1. The number of carbonyl (C=O) groups excluding carboxylic acids is 1. The first-order valence-corrected chi connectivity index (χ1v) is 12.6. The van der Waals surface area contributed by atoms with Crippen molar-refractivity contribution >= 4 is 12.2 Å². The molecule has 5 rings (SSSR count). The van der Waals surface area contributed by atoms with Crippen molar-refractivity contribution in [3.63, 3.8) is 0 Å². The zero-order valence-corrected chi connectivity index (χ0v) is 20.2. The number of allylic oxidation sites excluding steroid dienone is 1. The summed E-state index contributed by atoms with van der Waals surface area (Å²) in [7, 11) is 0. The molecule has 2 N–H and O–H groups in total. The molecule has 7 heteroatoms. The lowest BCUT2D eigenvalue weighted by molar-refractivity contribution is 0.129. The second-order valence-corrected chi connectivity index (χ2v) is 9.61. The minimum absolute atomic E-state index is 0.0394. The average molecular weight is 488 g/mol. The molecule has 1 fully saturated rings. The largest absolute Gasteiger partial charge is 0.450 e. The Morgan fingerprint density at radius 2 is 2.11 bits per heavy atom. The van der Waals surface area contributed by atoms with E-state index in [1.54, 1.807) is 25.4 Å². The fourth-order valence-electron chi connectivity index (χ4n) is 5.80. The number of rotatable bonds is 5. The van der Waals surface area contributed by atoms with Gasteiger partial charge in [0.25, 0.3) is 5.56 Å². The van der Waals surface area contributed by atoms with Gasteiger partial charge in [-0.1, -0.05) is 24.3 Å². The first kappa shape index (κ1) is 24.0. The Morgan fingerprint density at radius 1 is 1.22 bits per heavy atom. The molecule has 1 aromatic carbocycles. The number of aromatic amines is 1. The third-order valence-corrected chi connectivity index (χ3v) is 7.44. The van der Waals surface area contributed by atoms with Crippen molar-refractivity contribution in [1.29, 1.82) is 0 Å². The number of alkyl carbamates (subject to hydrolysis) is 1. The lowest BCUT2D eigenvalue weighted by Crippen LogP contribution is -2.45. The van der Waals surface area contributed by atoms with Crippen LogP contribution in [0, 0.1) is 17.7 Å². The highest BCUT2D eigenvalue weighted by Gasteiger charge is 2.40. The Kier molecular flexibility index (Phi) is 6.98. The van der Waals surface area contributed by atoms with Gasteiger partial charge in [0.05, 0.1) is 12.3 Å². The number of fused-ring (bicyclic) bond motifs is 2. The van der Waals surface area contributed by atoms with Gasteiger partial charge in [0.1, 0.15) is 5.82 Å². The molecule has 6 nitrogen and oxygen atoms in total. The van der Waals surface area contributed by atoms with E-state index in [1.807, 2.05) is 30.3 Å². The quantitative estimate of drug-likeness (QED) is 0.501. The van der Waals surface area contributed by atoms with E-state index < -0.39 is 0 Å². The number of pyridine rings is 2. The summed E-state index contributed by atoms with van der Waals surface area (Å²) in [5, 5.41) is 2.99. The number of aromatic nitrogens is 2. The summed E-state index contributed by atoms with van der Waals surface area (Å²) in [6.07, 6.45) is 10.6. The highest BCUT2D eigenvalue weighted by molar-refractivity contribution is 5.67. The summed E-state index contributed by atoms with van der Waals surface area (Å²) in [5.74, 6) is 0.487. The monoisotopic (exact) mass is 487 g/mol. The van der Waals surface area contributed by atoms with Crippen LogP contribution >= 0.6 is 0 Å². The van der Waals surface area contributed by atoms with E-state index in [-0.39, 0.29) is 29.4 Å². The van der Waals surface area contributed by atoms with E-state index in [0.29, 0.717) is 24.9 Å². The number of benzene rings is 1. The lowest BCUT2D eigenvalue weighted by atomic mass is 9.62. The molecule has 1 amide bonds. The Bertz CT molecular complexity index is 1320. The molecule has 3 aromatic rings. The van der Waals surface area contributed by atoms with E-state index >= 15 is 0 Å². The molecule has 0 bridgehead atoms. The van der Waals surface area contributed by atoms with Crippen LogP contribution in [-0.2, 0) is 11.2 Å². The van der Waals surface area contributed by atoms with Crippen LogP contribution in [0.2, 0.25) is 0 Å². The number of amides is 1. The topological polar surface area (TPSA) is 84.1 Å². The Morgan fingerprint density at radius 3 is 2.89 bits per heavy atom. The highest BCUT2D eigenvalue weighted by atomic mass is 19.1. The molecule has 2 heterocycles. The van der Waals surface area contributed by atoms with E-state index in [1.165, 1.54) is 12.1 Å². The maximum atomic E-state index is 13.6. The van der Waals surface area contributed by atoms with Gasteiger partial charge in [0.15, 0.2) is 0 Å². The van der Waals surface area contributed by atoms with E-state index in [0.717, 1.165) is 47.2 Å². The molecule has 2 aromatic heterocycles. The molecule has 1 saturated carbocycles. The second-order valence-electron chi connectivity index (χ2n) is 9.61. The SMILES string of the molecule is CCOC(=O)N[C@@H]1CC[C@@H]2[C@H](Cc3c(cc[nH]c3=O)[C@H]2/C=C/c2ccc(-c3cccc(F)c3)cn2)C1. The van der Waals surface area contributed by atoms with Crippen molar-refractivity contribution in [2.45, 2.75) is 44.6 Å². The first-order chi connectivity index (χ1) is 17.5. The van der Waals surface area contributed by atoms with E-state index in [2.05, 4.69) is 21.4 Å². The highest BCUT2D eigenvalue weighted by Crippen LogP contribution is 2.46. The molecule has 0 radical (unpaired) electrons. The van der Waals surface area contributed by atoms with Crippen LogP contribution < -0.4 is 10.9 Å². The third-order valence-electron chi connectivity index (χ3n) is 7.44. The maximum absolute atomic E-state index is 13.6. The number of ether oxygens (including phenoxy) is 1. The van der Waals surface area contributed by atoms with Crippen LogP contribution in [0.4, 0.5) is 9.18 Å². The van der Waals surface area contributed by atoms with Crippen LogP contribution in [-0.4, -0.2) is 28.7 Å². The molecule has 36 heavy (non-hydrogen) atoms. The van der Waals surface area contributed by atoms with Crippen LogP contribution in [0.25, 0.3) is 17.2 Å². The Labute approximate surface area is 209 Å². The summed E-state index contributed by atoms with van der Waals surface area (Å²) in [6, 6.07) is 12.4. The molecule has 2 aliphatic carbocycles. The van der Waals surface area contributed by atoms with Crippen LogP contribution in [0.1, 0.15) is 48.9 Å². The molecular weight excluding hydrogens is 457 g/mol. The third kappa shape index (κ3) is 5.10. The average Bonchev–Trinajstić information content (AvgIpc) is 2.87. The molecule has 0 spiro atoms. The standard InChI is InChI=1S/C29H30FN3O3/c1-2-36-29(35)33-23-9-10-24-20(15-23)16-27-26(12-13-31-28(27)34)25(24)11-8-22-7-6-19(17-32-22)18-4-3-5-21(30)14-18/h3-8,11-14,17,20,23-25H,2,9-10,15-16H2,1H3,(H,31,34)(H,33,35)/b11-8+/t20-,23+,24+,25-/m0/s1. The van der Waals surface area contributed by atoms with Gasteiger partial charge >= 0.3 is 6.09 Å². The first-order valence-electron chi connectivity index (χ1n) is 12.6. The molecule has 0 unspecified atom stereocenters. The fourth-order valence-corrected chi connectivity index (χ4v) is 5.80. The molecule has 186 valence electrons. The number of nitrogens with one attached hydrogen (secondary N) is 2. The normalized spacial score (nSPS) is 23.1. The smallest absolute Gasteiger partial charge is 0.407 e. The summed E-state index contributed by atoms with van der Waals surface area (Å²) in [6.45, 7) is 2.14. The molecule has 0 aliphatic heterocycles. The number of H-pyrrole nitrogens is 1. The van der Waals surface area contributed by atoms with Crippen molar-refractivity contribution in [2.75, 3.05) is 6.61 Å². The number of nitrogens with zero attached hydrogens (tertiary/aromatic N) is 1. The molecular formula is C29H30FN3O3. The van der Waals surface area contributed by atoms with Gasteiger partial charge in [0, 0.05) is 35.5 Å². The Hall–Kier alpha value is -3.74. The van der Waals surface area contributed by atoms with Gasteiger partial charge in [-0.15, -0.1) is 0 Å². The summed E-state index contributed by atoms with van der Waals surface area (Å²) < 4.78 is 18.6. The van der Waals surface area contributed by atoms with Crippen molar-refractivity contribution in [3.8, 4) is 11.1 Å². The van der Waals surface area contributed by atoms with Gasteiger partial charge in [-0.25, -0.2) is 9.18 Å². The maximum Gasteiger partial charge on any atom is 0.407 e. The van der Waals surface area contributed by atoms with Gasteiger partial charge in [0.2, 0.25) is 0 Å². The minimum atomic E-state index is -0.376. The predicted octanol–water partition coefficient (Wildman–Crippen LogP) is 5.46. The van der Waals surface area contributed by atoms with Gasteiger partial charge in [-0.05, 0) is 85.9 Å². The summed E-state index contributed by atoms with van der Waals surface area (Å²) >= 11 is 0. The zero-order valence-electron chi connectivity index (χ0n) is 20.2. The van der Waals surface area contributed by atoms with E-state index in [4.69, 9.17) is 4.74 Å². The predicted molar refractivity (Wildman–Crippen MR) is 137 cm³/mol. The van der Waals surface area contributed by atoms with Gasteiger partial charge < -0.3 is 15.0 Å². The molecule has 2 aliphatic rings. The summed E-state index contributed by atoms with van der Waals surface area (Å²) in [5.41, 5.74) is 4.32. The summed E-state index contributed by atoms with van der Waals surface area (Å²) in [4.78, 5) is 32.0. The van der Waals surface area contributed by atoms with Crippen molar-refractivity contribution in [3.05, 3.63) is 93.9 Å². The minimum Gasteiger partial charge on any atom is -0.450 e. The lowest BCUT2D eigenvalue weighted by Gasteiger charge is -2.43. The van der Waals surface area contributed by atoms with Gasteiger partial charge in [-0.2, -0.15) is 0 Å². The molecule has 0 saturated heterocycles. The van der Waals surface area contributed by atoms with Crippen LogP contribution in [0.5, 0.6) is 0 Å². The van der Waals surface area contributed by atoms with E-state index in [9.17, 15) is 14.0 Å².